The average molecular weight is 371 g/mol. The van der Waals surface area contributed by atoms with E-state index >= 15 is 0 Å². The molecule has 0 saturated heterocycles. The molecule has 2 heterocycles. The normalized spacial score (nSPS) is 13.0. The molecule has 1 amide bonds. The van der Waals surface area contributed by atoms with Crippen LogP contribution < -0.4 is 4.90 Å². The zero-order valence-corrected chi connectivity index (χ0v) is 16.2. The summed E-state index contributed by atoms with van der Waals surface area (Å²) >= 11 is 0. The molecule has 0 fully saturated rings. The Bertz CT molecular complexity index is 1090. The lowest BCUT2D eigenvalue weighted by Gasteiger charge is -2.19. The fourth-order valence-corrected chi connectivity index (χ4v) is 3.46. The number of nitrogens with zero attached hydrogens (tertiary/aromatic N) is 3. The summed E-state index contributed by atoms with van der Waals surface area (Å²) in [6, 6.07) is 15.5. The standard InChI is InChI=1S/C23H21N3O2/c1-4-19(27)21-17-13-20(28)26(18-8-6-5-7-15(18)3)23(17)25-22(24-21)16-11-9-14(2)10-12-16/h5-12H,4,13H2,1-3H3. The van der Waals surface area contributed by atoms with E-state index in [1.54, 1.807) is 11.8 Å². The monoisotopic (exact) mass is 371 g/mol. The van der Waals surface area contributed by atoms with Crippen molar-refractivity contribution in [1.82, 2.24) is 9.97 Å². The number of benzene rings is 2. The molecular formula is C23H21N3O2. The second-order valence-electron chi connectivity index (χ2n) is 7.03. The lowest BCUT2D eigenvalue weighted by atomic mass is 10.1. The van der Waals surface area contributed by atoms with Gasteiger partial charge in [0.1, 0.15) is 11.5 Å². The lowest BCUT2D eigenvalue weighted by Crippen LogP contribution is -2.22. The largest absolute Gasteiger partial charge is 0.292 e. The number of aromatic nitrogens is 2. The summed E-state index contributed by atoms with van der Waals surface area (Å²) in [6.45, 7) is 5.77. The van der Waals surface area contributed by atoms with Crippen molar-refractivity contribution < 1.29 is 9.59 Å². The van der Waals surface area contributed by atoms with Gasteiger partial charge in [-0.25, -0.2) is 9.97 Å². The minimum Gasteiger partial charge on any atom is -0.292 e. The third-order valence-electron chi connectivity index (χ3n) is 5.03. The third-order valence-corrected chi connectivity index (χ3v) is 5.03. The lowest BCUT2D eigenvalue weighted by molar-refractivity contribution is -0.116. The highest BCUT2D eigenvalue weighted by Crippen LogP contribution is 2.38. The minimum absolute atomic E-state index is 0.0774. The number of carbonyl (C=O) groups excluding carboxylic acids is 2. The fraction of sp³-hybridized carbons (Fsp3) is 0.217. The van der Waals surface area contributed by atoms with Crippen molar-refractivity contribution >= 4 is 23.2 Å². The molecule has 5 nitrogen and oxygen atoms in total. The van der Waals surface area contributed by atoms with E-state index in [9.17, 15) is 9.59 Å². The zero-order valence-electron chi connectivity index (χ0n) is 16.2. The highest BCUT2D eigenvalue weighted by molar-refractivity contribution is 6.10. The molecule has 5 heteroatoms. The second kappa shape index (κ2) is 7.00. The number of amides is 1. The molecule has 0 spiro atoms. The van der Waals surface area contributed by atoms with Gasteiger partial charge in [-0.2, -0.15) is 0 Å². The summed E-state index contributed by atoms with van der Waals surface area (Å²) in [6.07, 6.45) is 0.467. The summed E-state index contributed by atoms with van der Waals surface area (Å²) in [5.41, 5.74) is 4.69. The number of hydrogen-bond acceptors (Lipinski definition) is 4. The number of hydrogen-bond donors (Lipinski definition) is 0. The van der Waals surface area contributed by atoms with E-state index in [0.717, 1.165) is 22.4 Å². The van der Waals surface area contributed by atoms with Crippen LogP contribution in [0.25, 0.3) is 11.4 Å². The van der Waals surface area contributed by atoms with Gasteiger partial charge in [0, 0.05) is 17.5 Å². The summed E-state index contributed by atoms with van der Waals surface area (Å²) in [7, 11) is 0. The van der Waals surface area contributed by atoms with Crippen molar-refractivity contribution in [2.45, 2.75) is 33.6 Å². The smallest absolute Gasteiger partial charge is 0.237 e. The van der Waals surface area contributed by atoms with Crippen LogP contribution in [-0.4, -0.2) is 21.7 Å². The second-order valence-corrected chi connectivity index (χ2v) is 7.03. The Labute approximate surface area is 164 Å². The number of carbonyl (C=O) groups is 2. The van der Waals surface area contributed by atoms with Gasteiger partial charge in [-0.15, -0.1) is 0 Å². The van der Waals surface area contributed by atoms with Gasteiger partial charge in [-0.1, -0.05) is 55.0 Å². The van der Waals surface area contributed by atoms with Crippen LogP contribution in [0.2, 0.25) is 0 Å². The van der Waals surface area contributed by atoms with Gasteiger partial charge in [0.2, 0.25) is 5.91 Å². The van der Waals surface area contributed by atoms with Crippen molar-refractivity contribution in [3.8, 4) is 11.4 Å². The molecule has 0 N–H and O–H groups in total. The Morgan fingerprint density at radius 1 is 1.04 bits per heavy atom. The quantitative estimate of drug-likeness (QED) is 0.630. The van der Waals surface area contributed by atoms with Gasteiger partial charge in [0.25, 0.3) is 0 Å². The first kappa shape index (κ1) is 18.0. The van der Waals surface area contributed by atoms with Crippen LogP contribution in [0.4, 0.5) is 11.5 Å². The average Bonchev–Trinajstić information content (AvgIpc) is 3.03. The van der Waals surface area contributed by atoms with Crippen molar-refractivity contribution in [1.29, 1.82) is 0 Å². The number of anilines is 2. The Morgan fingerprint density at radius 2 is 1.75 bits per heavy atom. The molecule has 0 radical (unpaired) electrons. The van der Waals surface area contributed by atoms with E-state index in [-0.39, 0.29) is 18.1 Å². The highest BCUT2D eigenvalue weighted by Gasteiger charge is 2.35. The van der Waals surface area contributed by atoms with Gasteiger partial charge in [0.05, 0.1) is 12.1 Å². The number of fused-ring (bicyclic) bond motifs is 1. The summed E-state index contributed by atoms with van der Waals surface area (Å²) in [4.78, 5) is 36.4. The number of para-hydroxylation sites is 1. The van der Waals surface area contributed by atoms with Gasteiger partial charge in [-0.3, -0.25) is 14.5 Å². The van der Waals surface area contributed by atoms with Gasteiger partial charge < -0.3 is 0 Å². The molecule has 2 aromatic carbocycles. The first-order valence-electron chi connectivity index (χ1n) is 9.39. The first-order valence-corrected chi connectivity index (χ1v) is 9.39. The molecule has 4 rings (SSSR count). The topological polar surface area (TPSA) is 63.2 Å². The van der Waals surface area contributed by atoms with Crippen molar-refractivity contribution in [3.63, 3.8) is 0 Å². The van der Waals surface area contributed by atoms with Gasteiger partial charge in [-0.05, 0) is 25.5 Å². The van der Waals surface area contributed by atoms with E-state index < -0.39 is 0 Å². The SMILES string of the molecule is CCC(=O)c1nc(-c2ccc(C)cc2)nc2c1CC(=O)N2c1ccccc1C. The zero-order chi connectivity index (χ0) is 19.8. The summed E-state index contributed by atoms with van der Waals surface area (Å²) in [5.74, 6) is 0.807. The van der Waals surface area contributed by atoms with E-state index in [1.165, 1.54) is 0 Å². The summed E-state index contributed by atoms with van der Waals surface area (Å²) in [5, 5.41) is 0. The predicted molar refractivity (Wildman–Crippen MR) is 109 cm³/mol. The molecule has 0 aliphatic carbocycles. The van der Waals surface area contributed by atoms with E-state index in [2.05, 4.69) is 4.98 Å². The Morgan fingerprint density at radius 3 is 2.43 bits per heavy atom. The highest BCUT2D eigenvalue weighted by atomic mass is 16.2. The Kier molecular flexibility index (Phi) is 4.51. The number of rotatable bonds is 4. The molecule has 140 valence electrons. The molecule has 0 unspecified atom stereocenters. The van der Waals surface area contributed by atoms with Crippen LogP contribution in [0, 0.1) is 13.8 Å². The number of ketones is 1. The maximum absolute atomic E-state index is 12.9. The fourth-order valence-electron chi connectivity index (χ4n) is 3.46. The molecule has 3 aromatic rings. The molecule has 0 saturated carbocycles. The predicted octanol–water partition coefficient (Wildman–Crippen LogP) is 4.57. The van der Waals surface area contributed by atoms with Crippen molar-refractivity contribution in [2.75, 3.05) is 4.90 Å². The van der Waals surface area contributed by atoms with Gasteiger partial charge in [0.15, 0.2) is 11.6 Å². The molecule has 0 bridgehead atoms. The molecule has 28 heavy (non-hydrogen) atoms. The third kappa shape index (κ3) is 2.99. The van der Waals surface area contributed by atoms with Crippen LogP contribution in [-0.2, 0) is 11.2 Å². The molecule has 1 aromatic heterocycles. The van der Waals surface area contributed by atoms with Gasteiger partial charge >= 0.3 is 0 Å². The molecule has 1 aliphatic heterocycles. The van der Waals surface area contributed by atoms with Crippen LogP contribution in [0.3, 0.4) is 0 Å². The number of aryl methyl sites for hydroxylation is 2. The van der Waals surface area contributed by atoms with Crippen molar-refractivity contribution in [3.05, 3.63) is 70.9 Å². The van der Waals surface area contributed by atoms with E-state index in [4.69, 9.17) is 4.98 Å². The van der Waals surface area contributed by atoms with Crippen LogP contribution in [0.5, 0.6) is 0 Å². The van der Waals surface area contributed by atoms with E-state index in [0.29, 0.717) is 29.3 Å². The maximum atomic E-state index is 12.9. The first-order chi connectivity index (χ1) is 13.5. The van der Waals surface area contributed by atoms with Crippen LogP contribution >= 0.6 is 0 Å². The van der Waals surface area contributed by atoms with Crippen molar-refractivity contribution in [2.24, 2.45) is 0 Å². The Hall–Kier alpha value is -3.34. The number of Topliss-reactive ketones (excluding diaryl/α,β-unsaturated/α-hetero) is 1. The van der Waals surface area contributed by atoms with Crippen LogP contribution in [0.15, 0.2) is 48.5 Å². The minimum atomic E-state index is -0.0928. The molecule has 0 atom stereocenters. The Balaban J connectivity index is 1.95. The summed E-state index contributed by atoms with van der Waals surface area (Å²) < 4.78 is 0. The van der Waals surface area contributed by atoms with E-state index in [1.807, 2.05) is 62.4 Å². The maximum Gasteiger partial charge on any atom is 0.237 e. The molecular weight excluding hydrogens is 350 g/mol. The van der Waals surface area contributed by atoms with Crippen LogP contribution in [0.1, 0.15) is 40.5 Å². The molecule has 1 aliphatic rings.